The third-order valence-corrected chi connectivity index (χ3v) is 7.74. The monoisotopic (exact) mass is 568 g/mol. The van der Waals surface area contributed by atoms with Crippen LogP contribution >= 0.6 is 11.6 Å². The van der Waals surface area contributed by atoms with Crippen LogP contribution in [0.1, 0.15) is 46.3 Å². The van der Waals surface area contributed by atoms with E-state index in [1.165, 1.54) is 18.2 Å². The molecule has 2 atom stereocenters. The topological polar surface area (TPSA) is 89.7 Å². The first-order valence-electron chi connectivity index (χ1n) is 13.1. The normalized spacial score (nSPS) is 19.2. The Morgan fingerprint density at radius 1 is 1.10 bits per heavy atom. The maximum Gasteiger partial charge on any atom is 0.335 e. The first kappa shape index (κ1) is 26.6. The number of hydrogen-bond donors (Lipinski definition) is 1. The van der Waals surface area contributed by atoms with Crippen LogP contribution in [0.4, 0.5) is 8.78 Å². The molecule has 208 valence electrons. The molecule has 1 N–H and O–H groups in total. The van der Waals surface area contributed by atoms with Gasteiger partial charge in [0.05, 0.1) is 35.8 Å². The number of hydrogen-bond acceptors (Lipinski definition) is 6. The van der Waals surface area contributed by atoms with Gasteiger partial charge in [-0.1, -0.05) is 11.6 Å². The van der Waals surface area contributed by atoms with E-state index >= 15 is 0 Å². The van der Waals surface area contributed by atoms with Gasteiger partial charge >= 0.3 is 5.97 Å². The van der Waals surface area contributed by atoms with E-state index in [4.69, 9.17) is 26.1 Å². The first-order chi connectivity index (χ1) is 19.3. The molecule has 0 unspecified atom stereocenters. The lowest BCUT2D eigenvalue weighted by molar-refractivity contribution is -0.0591. The van der Waals surface area contributed by atoms with Crippen LogP contribution in [0.2, 0.25) is 5.02 Å². The number of halogens is 3. The van der Waals surface area contributed by atoms with Crippen molar-refractivity contribution in [3.8, 4) is 5.75 Å². The minimum absolute atomic E-state index is 0.0197. The van der Waals surface area contributed by atoms with Crippen LogP contribution in [0.25, 0.3) is 11.0 Å². The molecule has 2 aliphatic heterocycles. The second kappa shape index (κ2) is 11.1. The lowest BCUT2D eigenvalue weighted by atomic mass is 10.0. The quantitative estimate of drug-likeness (QED) is 0.288. The summed E-state index contributed by atoms with van der Waals surface area (Å²) in [5.74, 6) is -1.20. The van der Waals surface area contributed by atoms with Crippen LogP contribution in [-0.4, -0.2) is 56.3 Å². The second-order valence-corrected chi connectivity index (χ2v) is 10.6. The van der Waals surface area contributed by atoms with Crippen molar-refractivity contribution in [1.82, 2.24) is 19.4 Å². The van der Waals surface area contributed by atoms with Crippen LogP contribution in [0.5, 0.6) is 5.75 Å². The average Bonchev–Trinajstić information content (AvgIpc) is 3.50. The molecule has 0 spiro atoms. The van der Waals surface area contributed by atoms with Gasteiger partial charge in [0, 0.05) is 29.8 Å². The zero-order valence-corrected chi connectivity index (χ0v) is 22.3. The van der Waals surface area contributed by atoms with Crippen LogP contribution in [0.15, 0.2) is 48.5 Å². The largest absolute Gasteiger partial charge is 0.484 e. The third kappa shape index (κ3) is 5.52. The summed E-state index contributed by atoms with van der Waals surface area (Å²) >= 11 is 5.79. The molecule has 2 aliphatic rings. The number of pyridine rings is 1. The number of rotatable bonds is 9. The van der Waals surface area contributed by atoms with Crippen LogP contribution < -0.4 is 4.74 Å². The van der Waals surface area contributed by atoms with E-state index in [2.05, 4.69) is 14.5 Å². The molecule has 2 aromatic carbocycles. The van der Waals surface area contributed by atoms with Crippen molar-refractivity contribution in [1.29, 1.82) is 0 Å². The summed E-state index contributed by atoms with van der Waals surface area (Å²) in [6.45, 7) is 3.22. The molecule has 0 bridgehead atoms. The third-order valence-electron chi connectivity index (χ3n) is 7.51. The van der Waals surface area contributed by atoms with Crippen molar-refractivity contribution in [3.63, 3.8) is 0 Å². The molecule has 8 nitrogen and oxygen atoms in total. The Balaban J connectivity index is 1.17. The highest BCUT2D eigenvalue weighted by molar-refractivity contribution is 6.30. The molecule has 0 amide bonds. The zero-order valence-electron chi connectivity index (χ0n) is 21.5. The number of fused-ring (bicyclic) bond motifs is 1. The Bertz CT molecular complexity index is 1580. The van der Waals surface area contributed by atoms with Crippen molar-refractivity contribution < 1.29 is 28.2 Å². The van der Waals surface area contributed by atoms with Gasteiger partial charge in [-0.25, -0.2) is 18.6 Å². The Labute approximate surface area is 234 Å². The maximum absolute atomic E-state index is 14.5. The van der Waals surface area contributed by atoms with E-state index in [9.17, 15) is 18.7 Å². The fourth-order valence-corrected chi connectivity index (χ4v) is 5.41. The first-order valence-corrected chi connectivity index (χ1v) is 13.5. The fraction of sp³-hybridized carbons (Fsp3) is 0.345. The molecule has 0 saturated carbocycles. The summed E-state index contributed by atoms with van der Waals surface area (Å²) < 4.78 is 41.8. The number of aromatic nitrogens is 3. The van der Waals surface area contributed by atoms with Gasteiger partial charge in [-0.15, -0.1) is 0 Å². The van der Waals surface area contributed by atoms with Gasteiger partial charge in [0.1, 0.15) is 23.9 Å². The van der Waals surface area contributed by atoms with E-state index in [1.807, 2.05) is 0 Å². The van der Waals surface area contributed by atoms with E-state index in [-0.39, 0.29) is 40.7 Å². The van der Waals surface area contributed by atoms with E-state index in [1.54, 1.807) is 24.3 Å². The van der Waals surface area contributed by atoms with Gasteiger partial charge in [-0.05, 0) is 67.9 Å². The molecule has 2 saturated heterocycles. The van der Waals surface area contributed by atoms with Crippen molar-refractivity contribution in [2.24, 2.45) is 0 Å². The molecule has 2 fully saturated rings. The van der Waals surface area contributed by atoms with Crippen molar-refractivity contribution >= 4 is 28.6 Å². The molecule has 11 heteroatoms. The van der Waals surface area contributed by atoms with Crippen LogP contribution in [0, 0.1) is 11.6 Å². The van der Waals surface area contributed by atoms with Gasteiger partial charge in [-0.3, -0.25) is 9.88 Å². The van der Waals surface area contributed by atoms with Crippen molar-refractivity contribution in [3.05, 3.63) is 88.0 Å². The maximum atomic E-state index is 14.5. The van der Waals surface area contributed by atoms with Crippen LogP contribution in [-0.2, 0) is 24.4 Å². The predicted molar refractivity (Wildman–Crippen MR) is 144 cm³/mol. The molecule has 6 rings (SSSR count). The lowest BCUT2D eigenvalue weighted by Gasteiger charge is -2.28. The summed E-state index contributed by atoms with van der Waals surface area (Å²) in [5, 5.41) is 9.73. The molecule has 4 heterocycles. The van der Waals surface area contributed by atoms with Crippen LogP contribution in [0.3, 0.4) is 0 Å². The SMILES string of the molecule is O=C(O)c1ccc2nc(CN3CC[C@@H](c4ccc(F)c(COc5ccc(Cl)cc5F)n4)C3)n(C[C@@H]3CCO3)c2c1. The van der Waals surface area contributed by atoms with Crippen molar-refractivity contribution in [2.75, 3.05) is 19.7 Å². The van der Waals surface area contributed by atoms with Gasteiger partial charge in [0.2, 0.25) is 0 Å². The molecule has 2 aromatic heterocycles. The number of ether oxygens (including phenoxy) is 2. The second-order valence-electron chi connectivity index (χ2n) is 10.2. The minimum atomic E-state index is -0.978. The van der Waals surface area contributed by atoms with E-state index in [0.29, 0.717) is 19.6 Å². The number of aromatic carboxylic acids is 1. The molecule has 40 heavy (non-hydrogen) atoms. The van der Waals surface area contributed by atoms with Gasteiger partial charge in [-0.2, -0.15) is 0 Å². The number of carboxylic acid groups (broad SMARTS) is 1. The molecule has 4 aromatic rings. The number of benzene rings is 2. The summed E-state index contributed by atoms with van der Waals surface area (Å²) in [5.41, 5.74) is 2.61. The predicted octanol–water partition coefficient (Wildman–Crippen LogP) is 5.42. The smallest absolute Gasteiger partial charge is 0.335 e. The summed E-state index contributed by atoms with van der Waals surface area (Å²) in [6, 6.07) is 12.1. The Hall–Kier alpha value is -3.60. The summed E-state index contributed by atoms with van der Waals surface area (Å²) in [4.78, 5) is 23.2. The summed E-state index contributed by atoms with van der Waals surface area (Å²) in [7, 11) is 0. The number of nitrogens with zero attached hydrogens (tertiary/aromatic N) is 4. The lowest BCUT2D eigenvalue weighted by Crippen LogP contribution is -2.32. The fourth-order valence-electron chi connectivity index (χ4n) is 5.25. The minimum Gasteiger partial charge on any atom is -0.484 e. The Morgan fingerprint density at radius 2 is 1.95 bits per heavy atom. The highest BCUT2D eigenvalue weighted by Crippen LogP contribution is 2.30. The Morgan fingerprint density at radius 3 is 2.70 bits per heavy atom. The number of imidazole rings is 1. The number of likely N-dealkylation sites (tertiary alicyclic amines) is 1. The van der Waals surface area contributed by atoms with Crippen molar-refractivity contribution in [2.45, 2.75) is 44.6 Å². The molecular formula is C29H27ClF2N4O4. The Kier molecular flexibility index (Phi) is 7.39. The van der Waals surface area contributed by atoms with E-state index in [0.717, 1.165) is 54.6 Å². The molecule has 0 radical (unpaired) electrons. The highest BCUT2D eigenvalue weighted by atomic mass is 35.5. The van der Waals surface area contributed by atoms with Gasteiger partial charge < -0.3 is 19.1 Å². The summed E-state index contributed by atoms with van der Waals surface area (Å²) in [6.07, 6.45) is 1.87. The van der Waals surface area contributed by atoms with Gasteiger partial charge in [0.25, 0.3) is 0 Å². The standard InChI is InChI=1S/C29H27ClF2N4O4/c30-19-2-6-27(22(32)12-19)40-16-25-21(31)3-5-23(33-25)18-7-9-35(13-18)15-28-34-24-4-1-17(29(37)38)11-26(24)36(28)14-20-8-10-39-20/h1-6,11-12,18,20H,7-10,13-16H2,(H,37,38)/t18-,20+/m1/s1. The van der Waals surface area contributed by atoms with Gasteiger partial charge in [0.15, 0.2) is 11.6 Å². The molecular weight excluding hydrogens is 542 g/mol. The zero-order chi connectivity index (χ0) is 27.8. The average molecular weight is 569 g/mol. The number of carbonyl (C=O) groups is 1. The number of carboxylic acids is 1. The highest BCUT2D eigenvalue weighted by Gasteiger charge is 2.28. The van der Waals surface area contributed by atoms with E-state index < -0.39 is 17.6 Å². The molecule has 0 aliphatic carbocycles.